The van der Waals surface area contributed by atoms with Crippen molar-refractivity contribution in [2.45, 2.75) is 163 Å². The Kier molecular flexibility index (Phi) is 41.7. The minimum absolute atomic E-state index is 0. The van der Waals surface area contributed by atoms with Gasteiger partial charge in [0.2, 0.25) is 0 Å². The summed E-state index contributed by atoms with van der Waals surface area (Å²) in [4.78, 5) is 21.9. The van der Waals surface area contributed by atoms with Gasteiger partial charge in [-0.1, -0.05) is 131 Å². The maximum Gasteiger partial charge on any atom is 3.00 e. The van der Waals surface area contributed by atoms with Crippen molar-refractivity contribution >= 4 is 29.1 Å². The summed E-state index contributed by atoms with van der Waals surface area (Å²) in [5.41, 5.74) is 0. The van der Waals surface area contributed by atoms with Crippen LogP contribution >= 0.6 is 0 Å². The summed E-state index contributed by atoms with van der Waals surface area (Å²) in [5.74, 6) is -0.509. The Balaban J connectivity index is -0.000000430. The van der Waals surface area contributed by atoms with Crippen molar-refractivity contribution in [1.82, 2.24) is 0 Å². The first-order chi connectivity index (χ1) is 15.6. The van der Waals surface area contributed by atoms with E-state index in [1.54, 1.807) is 27.7 Å². The molecule has 0 heterocycles. The minimum Gasteiger partial charge on any atom is -0.852 e. The molecule has 0 bridgehead atoms. The molecule has 0 aromatic heterocycles. The van der Waals surface area contributed by atoms with Crippen LogP contribution in [0.4, 0.5) is 0 Å². The quantitative estimate of drug-likeness (QED) is 0.0955. The summed E-state index contributed by atoms with van der Waals surface area (Å²) in [6, 6.07) is 0. The van der Waals surface area contributed by atoms with Crippen LogP contribution in [0.2, 0.25) is 0 Å². The molecule has 0 aromatic rings. The average molecular weight is 500 g/mol. The number of Topliss-reactive ketones (excluding diaryl/α,β-unsaturated/α-hetero) is 1. The van der Waals surface area contributed by atoms with E-state index in [9.17, 15) is 19.8 Å². The summed E-state index contributed by atoms with van der Waals surface area (Å²) in [6.07, 6.45) is 20.4. The number of unbranched alkanes of at least 4 members (excludes halogenated alkanes) is 15. The Bertz CT molecular complexity index is 389. The van der Waals surface area contributed by atoms with Crippen molar-refractivity contribution in [2.75, 3.05) is 6.61 Å². The first-order valence-electron chi connectivity index (χ1n) is 13.6. The monoisotopic (exact) mass is 499 g/mol. The molecule has 0 fully saturated rings. The van der Waals surface area contributed by atoms with Crippen LogP contribution in [0.15, 0.2) is 0 Å². The zero-order valence-electron chi connectivity index (χ0n) is 23.5. The second-order valence-corrected chi connectivity index (χ2v) is 9.50. The van der Waals surface area contributed by atoms with Gasteiger partial charge in [0, 0.05) is 0 Å². The molecule has 200 valence electrons. The largest absolute Gasteiger partial charge is 3.00 e. The molecule has 0 aliphatic carbocycles. The third kappa shape index (κ3) is 57.9. The van der Waals surface area contributed by atoms with Gasteiger partial charge < -0.3 is 14.9 Å². The van der Waals surface area contributed by atoms with Crippen LogP contribution in [-0.4, -0.2) is 47.9 Å². The number of carbonyl (C=O) groups excluding carboxylic acids is 2. The standard InChI is InChI=1S/C22H42O3.2C3H7O.Al/c1-3-4-5-6-7-8-9-10-11-12-13-14-15-16-17-18-19-25-22(24)20-21(2)23;2*1-3(2)4;/h3-20H2,1-2H3;2*3H,1-2H3;/q;2*-1;+3. The predicted octanol–water partition coefficient (Wildman–Crippen LogP) is 5.90. The fourth-order valence-corrected chi connectivity index (χ4v) is 3.09. The van der Waals surface area contributed by atoms with Crippen LogP contribution in [0.1, 0.15) is 151 Å². The van der Waals surface area contributed by atoms with Gasteiger partial charge >= 0.3 is 23.3 Å². The molecule has 0 aliphatic rings. The molecular formula is C28H56AlO5+. The number of ketones is 1. The summed E-state index contributed by atoms with van der Waals surface area (Å²) in [7, 11) is 0. The molecule has 0 radical (unpaired) electrons. The van der Waals surface area contributed by atoms with E-state index >= 15 is 0 Å². The third-order valence-electron chi connectivity index (χ3n) is 4.65. The Morgan fingerprint density at radius 2 is 0.882 bits per heavy atom. The molecule has 0 N–H and O–H groups in total. The van der Waals surface area contributed by atoms with Gasteiger partial charge in [0.15, 0.2) is 0 Å². The van der Waals surface area contributed by atoms with Gasteiger partial charge in [0.05, 0.1) is 6.61 Å². The Hall–Kier alpha value is -0.408. The van der Waals surface area contributed by atoms with Gasteiger partial charge in [0.1, 0.15) is 12.2 Å². The smallest absolute Gasteiger partial charge is 0.852 e. The fourth-order valence-electron chi connectivity index (χ4n) is 3.09. The molecule has 34 heavy (non-hydrogen) atoms. The van der Waals surface area contributed by atoms with E-state index < -0.39 is 12.2 Å². The van der Waals surface area contributed by atoms with Crippen LogP contribution in [-0.2, 0) is 14.3 Å². The van der Waals surface area contributed by atoms with Crippen molar-refractivity contribution in [3.05, 3.63) is 0 Å². The van der Waals surface area contributed by atoms with E-state index in [0.29, 0.717) is 6.61 Å². The summed E-state index contributed by atoms with van der Waals surface area (Å²) in [5, 5.41) is 19.1. The SMILES string of the molecule is CC(C)[O-].CC(C)[O-].CCCCCCCCCCCCCCCCCCOC(=O)CC(C)=O.[Al+3]. The first-order valence-corrected chi connectivity index (χ1v) is 13.6. The molecule has 0 unspecified atom stereocenters. The van der Waals surface area contributed by atoms with Gasteiger partial charge in [-0.05, 0) is 13.3 Å². The zero-order valence-corrected chi connectivity index (χ0v) is 24.7. The normalized spacial score (nSPS) is 10.1. The zero-order chi connectivity index (χ0) is 25.7. The maximum atomic E-state index is 11.2. The van der Waals surface area contributed by atoms with Crippen LogP contribution in [0.5, 0.6) is 0 Å². The molecule has 0 amide bonds. The minimum atomic E-state index is -0.417. The number of rotatable bonds is 19. The molecule has 0 saturated carbocycles. The van der Waals surface area contributed by atoms with Crippen molar-refractivity contribution in [1.29, 1.82) is 0 Å². The van der Waals surface area contributed by atoms with Gasteiger partial charge in [0.25, 0.3) is 0 Å². The van der Waals surface area contributed by atoms with Crippen molar-refractivity contribution in [3.63, 3.8) is 0 Å². The maximum absolute atomic E-state index is 11.2. The number of esters is 1. The molecule has 0 rings (SSSR count). The van der Waals surface area contributed by atoms with E-state index in [1.165, 1.54) is 96.8 Å². The predicted molar refractivity (Wildman–Crippen MR) is 142 cm³/mol. The Morgan fingerprint density at radius 3 is 1.15 bits per heavy atom. The number of carbonyl (C=O) groups is 2. The van der Waals surface area contributed by atoms with Crippen LogP contribution in [0, 0.1) is 0 Å². The van der Waals surface area contributed by atoms with Gasteiger partial charge in [-0.2, -0.15) is 0 Å². The molecule has 0 spiro atoms. The summed E-state index contributed by atoms with van der Waals surface area (Å²) in [6.45, 7) is 10.6. The van der Waals surface area contributed by atoms with Crippen LogP contribution in [0.3, 0.4) is 0 Å². The van der Waals surface area contributed by atoms with E-state index in [-0.39, 0.29) is 35.5 Å². The van der Waals surface area contributed by atoms with Crippen LogP contribution < -0.4 is 10.2 Å². The van der Waals surface area contributed by atoms with Gasteiger partial charge in [-0.25, -0.2) is 0 Å². The first kappa shape index (κ1) is 40.7. The van der Waals surface area contributed by atoms with Crippen molar-refractivity contribution in [2.24, 2.45) is 0 Å². The van der Waals surface area contributed by atoms with E-state index in [4.69, 9.17) is 4.74 Å². The molecule has 0 saturated heterocycles. The second-order valence-electron chi connectivity index (χ2n) is 9.50. The summed E-state index contributed by atoms with van der Waals surface area (Å²) >= 11 is 0. The molecular weight excluding hydrogens is 443 g/mol. The van der Waals surface area contributed by atoms with Crippen LogP contribution in [0.25, 0.3) is 0 Å². The van der Waals surface area contributed by atoms with E-state index in [0.717, 1.165) is 12.8 Å². The molecule has 6 heteroatoms. The Labute approximate surface area is 223 Å². The fraction of sp³-hybridized carbons (Fsp3) is 0.929. The van der Waals surface area contributed by atoms with Crippen molar-refractivity contribution < 1.29 is 24.5 Å². The third-order valence-corrected chi connectivity index (χ3v) is 4.65. The number of ether oxygens (including phenoxy) is 1. The Morgan fingerprint density at radius 1 is 0.618 bits per heavy atom. The van der Waals surface area contributed by atoms with Gasteiger partial charge in [-0.3, -0.25) is 9.59 Å². The average Bonchev–Trinajstić information content (AvgIpc) is 2.69. The molecule has 0 aliphatic heterocycles. The number of hydrogen-bond acceptors (Lipinski definition) is 5. The molecule has 0 atom stereocenters. The second kappa shape index (κ2) is 34.8. The molecule has 5 nitrogen and oxygen atoms in total. The van der Waals surface area contributed by atoms with Crippen molar-refractivity contribution in [3.8, 4) is 0 Å². The van der Waals surface area contributed by atoms with E-state index in [1.807, 2.05) is 0 Å². The molecule has 0 aromatic carbocycles. The van der Waals surface area contributed by atoms with Gasteiger partial charge in [-0.15, -0.1) is 12.2 Å². The van der Waals surface area contributed by atoms with E-state index in [2.05, 4.69) is 6.92 Å². The topological polar surface area (TPSA) is 89.5 Å². The summed E-state index contributed by atoms with van der Waals surface area (Å²) < 4.78 is 5.01. The number of hydrogen-bond donors (Lipinski definition) is 0.